The summed E-state index contributed by atoms with van der Waals surface area (Å²) in [7, 11) is -4.38. The van der Waals surface area contributed by atoms with Crippen LogP contribution in [0.15, 0.2) is 108 Å². The van der Waals surface area contributed by atoms with Crippen LogP contribution < -0.4 is 14.4 Å². The quantitative estimate of drug-likeness (QED) is 0.166. The van der Waals surface area contributed by atoms with Crippen molar-refractivity contribution in [3.05, 3.63) is 126 Å². The Morgan fingerprint density at radius 1 is 0.809 bits per heavy atom. The first-order valence-corrected chi connectivity index (χ1v) is 16.8. The molecule has 4 aromatic rings. The summed E-state index contributed by atoms with van der Waals surface area (Å²) in [4.78, 5) is 29.5. The lowest BCUT2D eigenvalue weighted by atomic mass is 10.0. The van der Waals surface area contributed by atoms with Crippen LogP contribution in [0, 0.1) is 11.6 Å². The van der Waals surface area contributed by atoms with Crippen LogP contribution in [-0.2, 0) is 32.6 Å². The third-order valence-electron chi connectivity index (χ3n) is 7.65. The molecule has 0 saturated carbocycles. The lowest BCUT2D eigenvalue weighted by molar-refractivity contribution is -0.140. The third kappa shape index (κ3) is 9.38. The van der Waals surface area contributed by atoms with Crippen LogP contribution in [0.2, 0.25) is 0 Å². The highest BCUT2D eigenvalue weighted by Gasteiger charge is 2.35. The predicted molar refractivity (Wildman–Crippen MR) is 177 cm³/mol. The van der Waals surface area contributed by atoms with E-state index in [1.54, 1.807) is 6.92 Å². The van der Waals surface area contributed by atoms with Gasteiger partial charge in [0, 0.05) is 19.0 Å². The van der Waals surface area contributed by atoms with E-state index in [0.717, 1.165) is 22.0 Å². The number of benzene rings is 4. The number of sulfonamides is 1. The highest BCUT2D eigenvalue weighted by molar-refractivity contribution is 7.92. The second-order valence-electron chi connectivity index (χ2n) is 11.1. The molecule has 0 aliphatic rings. The van der Waals surface area contributed by atoms with Crippen molar-refractivity contribution in [2.45, 2.75) is 57.1 Å². The summed E-state index contributed by atoms with van der Waals surface area (Å²) in [5.74, 6) is -1.68. The monoisotopic (exact) mass is 663 g/mol. The molecule has 248 valence electrons. The Balaban J connectivity index is 1.79. The van der Waals surface area contributed by atoms with Gasteiger partial charge in [-0.15, -0.1) is 0 Å². The third-order valence-corrected chi connectivity index (χ3v) is 9.44. The zero-order valence-electron chi connectivity index (χ0n) is 26.6. The van der Waals surface area contributed by atoms with Crippen molar-refractivity contribution in [2.24, 2.45) is 0 Å². The number of carbonyl (C=O) groups is 2. The van der Waals surface area contributed by atoms with Gasteiger partial charge >= 0.3 is 0 Å². The van der Waals surface area contributed by atoms with Crippen molar-refractivity contribution < 1.29 is 31.5 Å². The zero-order valence-corrected chi connectivity index (χ0v) is 27.4. The van der Waals surface area contributed by atoms with E-state index in [1.165, 1.54) is 65.6 Å². The fourth-order valence-corrected chi connectivity index (χ4v) is 6.33. The van der Waals surface area contributed by atoms with Crippen molar-refractivity contribution in [2.75, 3.05) is 17.5 Å². The fraction of sp³-hybridized carbons (Fsp3) is 0.278. The smallest absolute Gasteiger partial charge is 0.264 e. The lowest BCUT2D eigenvalue weighted by Crippen LogP contribution is -2.54. The van der Waals surface area contributed by atoms with Crippen molar-refractivity contribution >= 4 is 27.5 Å². The number of nitrogens with zero attached hydrogens (tertiary/aromatic N) is 2. The topological polar surface area (TPSA) is 96.0 Å². The molecule has 0 aliphatic carbocycles. The van der Waals surface area contributed by atoms with Crippen LogP contribution >= 0.6 is 0 Å². The number of halogens is 2. The molecular weight excluding hydrogens is 624 g/mol. The number of hydrogen-bond acceptors (Lipinski definition) is 5. The minimum absolute atomic E-state index is 0.0547. The molecule has 1 N–H and O–H groups in total. The van der Waals surface area contributed by atoms with E-state index >= 15 is 0 Å². The van der Waals surface area contributed by atoms with Crippen molar-refractivity contribution in [3.63, 3.8) is 0 Å². The number of ether oxygens (including phenoxy) is 1. The highest BCUT2D eigenvalue weighted by atomic mass is 32.2. The maximum atomic E-state index is 14.4. The molecule has 4 rings (SSSR count). The number of amides is 2. The van der Waals surface area contributed by atoms with E-state index in [-0.39, 0.29) is 29.6 Å². The normalized spacial score (nSPS) is 12.5. The molecule has 0 fully saturated rings. The van der Waals surface area contributed by atoms with Gasteiger partial charge in [-0.25, -0.2) is 17.2 Å². The molecule has 8 nitrogen and oxygen atoms in total. The van der Waals surface area contributed by atoms with Gasteiger partial charge < -0.3 is 15.0 Å². The SMILES string of the molecule is CCOc1ccc(S(=O)(=O)N(CC(=O)N(Cc2ccc(F)cc2)[C@@H](Cc2ccccc2)C(=O)N[C@H](C)CC)c2ccc(F)cc2)cc1. The van der Waals surface area contributed by atoms with E-state index in [2.05, 4.69) is 5.32 Å². The first-order chi connectivity index (χ1) is 22.5. The average molecular weight is 664 g/mol. The molecule has 0 aromatic heterocycles. The van der Waals surface area contributed by atoms with Crippen LogP contribution in [0.5, 0.6) is 5.75 Å². The van der Waals surface area contributed by atoms with Crippen LogP contribution in [-0.4, -0.2) is 50.4 Å². The highest BCUT2D eigenvalue weighted by Crippen LogP contribution is 2.27. The Morgan fingerprint density at radius 3 is 1.98 bits per heavy atom. The standard InChI is InChI=1S/C36H39F2N3O5S/c1-4-26(3)39-36(43)34(23-27-9-7-6-8-10-27)40(24-28-11-13-29(37)14-12-28)35(42)25-41(31-17-15-30(38)16-18-31)47(44,45)33-21-19-32(20-22-33)46-5-2/h6-22,26,34H,4-5,23-25H2,1-3H3,(H,39,43)/t26-,34+/m1/s1. The number of nitrogens with one attached hydrogen (secondary N) is 1. The first kappa shape index (κ1) is 35.1. The van der Waals surface area contributed by atoms with Crippen LogP contribution in [0.4, 0.5) is 14.5 Å². The number of carbonyl (C=O) groups excluding carboxylic acids is 2. The van der Waals surface area contributed by atoms with Crippen molar-refractivity contribution in [1.29, 1.82) is 0 Å². The summed E-state index contributed by atoms with van der Waals surface area (Å²) in [6, 6.07) is 24.0. The summed E-state index contributed by atoms with van der Waals surface area (Å²) in [5.41, 5.74) is 1.38. The fourth-order valence-electron chi connectivity index (χ4n) is 4.92. The van der Waals surface area contributed by atoms with Gasteiger partial charge in [-0.2, -0.15) is 0 Å². The van der Waals surface area contributed by atoms with Gasteiger partial charge in [0.05, 0.1) is 17.2 Å². The van der Waals surface area contributed by atoms with Gasteiger partial charge in [-0.3, -0.25) is 13.9 Å². The first-order valence-electron chi connectivity index (χ1n) is 15.4. The molecule has 0 aliphatic heterocycles. The maximum Gasteiger partial charge on any atom is 0.264 e. The molecule has 11 heteroatoms. The van der Waals surface area contributed by atoms with Crippen LogP contribution in [0.3, 0.4) is 0 Å². The predicted octanol–water partition coefficient (Wildman–Crippen LogP) is 6.11. The number of anilines is 1. The van der Waals surface area contributed by atoms with E-state index < -0.39 is 46.1 Å². The molecule has 47 heavy (non-hydrogen) atoms. The molecule has 4 aromatic carbocycles. The van der Waals surface area contributed by atoms with Gasteiger partial charge in [-0.1, -0.05) is 49.4 Å². The molecule has 0 heterocycles. The van der Waals surface area contributed by atoms with Crippen molar-refractivity contribution in [3.8, 4) is 5.75 Å². The largest absolute Gasteiger partial charge is 0.494 e. The average Bonchev–Trinajstić information content (AvgIpc) is 3.07. The summed E-state index contributed by atoms with van der Waals surface area (Å²) in [5, 5.41) is 2.96. The zero-order chi connectivity index (χ0) is 34.0. The minimum Gasteiger partial charge on any atom is -0.494 e. The molecule has 0 spiro atoms. The maximum absolute atomic E-state index is 14.4. The summed E-state index contributed by atoms with van der Waals surface area (Å²) in [6.07, 6.45) is 0.784. The summed E-state index contributed by atoms with van der Waals surface area (Å²) in [6.45, 7) is 5.16. The van der Waals surface area contributed by atoms with E-state index in [0.29, 0.717) is 24.3 Å². The molecular formula is C36H39F2N3O5S. The Hall–Kier alpha value is -4.77. The summed E-state index contributed by atoms with van der Waals surface area (Å²) >= 11 is 0. The second-order valence-corrected chi connectivity index (χ2v) is 12.9. The summed E-state index contributed by atoms with van der Waals surface area (Å²) < 4.78 is 62.4. The molecule has 0 bridgehead atoms. The van der Waals surface area contributed by atoms with E-state index in [4.69, 9.17) is 4.74 Å². The van der Waals surface area contributed by atoms with Gasteiger partial charge in [0.1, 0.15) is 30.0 Å². The Labute approximate surface area is 275 Å². The number of hydrogen-bond donors (Lipinski definition) is 1. The second kappa shape index (κ2) is 16.2. The Bertz CT molecular complexity index is 1720. The number of rotatable bonds is 15. The molecule has 0 radical (unpaired) electrons. The van der Waals surface area contributed by atoms with Gasteiger partial charge in [0.25, 0.3) is 10.0 Å². The van der Waals surface area contributed by atoms with E-state index in [1.807, 2.05) is 44.2 Å². The van der Waals surface area contributed by atoms with E-state index in [9.17, 15) is 26.8 Å². The molecule has 0 unspecified atom stereocenters. The minimum atomic E-state index is -4.38. The molecule has 0 saturated heterocycles. The van der Waals surface area contributed by atoms with Crippen LogP contribution in [0.25, 0.3) is 0 Å². The Morgan fingerprint density at radius 2 is 1.40 bits per heavy atom. The van der Waals surface area contributed by atoms with Crippen molar-refractivity contribution in [1.82, 2.24) is 10.2 Å². The molecule has 2 atom stereocenters. The van der Waals surface area contributed by atoms with Crippen LogP contribution in [0.1, 0.15) is 38.3 Å². The van der Waals surface area contributed by atoms with Gasteiger partial charge in [0.15, 0.2) is 0 Å². The Kier molecular flexibility index (Phi) is 12.1. The van der Waals surface area contributed by atoms with Gasteiger partial charge in [0.2, 0.25) is 11.8 Å². The molecule has 2 amide bonds. The van der Waals surface area contributed by atoms with Gasteiger partial charge in [-0.05, 0) is 92.1 Å². The lowest BCUT2D eigenvalue weighted by Gasteiger charge is -2.34.